The molecule has 1 amide bonds. The molecular weight excluding hydrogens is 242 g/mol. The van der Waals surface area contributed by atoms with E-state index in [9.17, 15) is 9.59 Å². The largest absolute Gasteiger partial charge is 0.496 e. The Kier molecular flexibility index (Phi) is 3.06. The second-order valence-electron chi connectivity index (χ2n) is 4.05. The highest BCUT2D eigenvalue weighted by atomic mass is 32.1. The number of ether oxygens (including phenoxy) is 1. The monoisotopic (exact) mass is 255 g/mol. The van der Waals surface area contributed by atoms with Gasteiger partial charge in [0.2, 0.25) is 0 Å². The van der Waals surface area contributed by atoms with Gasteiger partial charge in [-0.3, -0.25) is 4.79 Å². The van der Waals surface area contributed by atoms with E-state index in [0.717, 1.165) is 6.42 Å². The van der Waals surface area contributed by atoms with E-state index in [1.54, 1.807) is 11.4 Å². The van der Waals surface area contributed by atoms with E-state index >= 15 is 0 Å². The number of thiophene rings is 1. The van der Waals surface area contributed by atoms with Gasteiger partial charge in [0.25, 0.3) is 5.91 Å². The van der Waals surface area contributed by atoms with Gasteiger partial charge in [-0.1, -0.05) is 0 Å². The number of nitrogens with one attached hydrogen (secondary N) is 1. The molecule has 0 saturated heterocycles. The van der Waals surface area contributed by atoms with E-state index in [0.29, 0.717) is 23.5 Å². The van der Waals surface area contributed by atoms with Crippen molar-refractivity contribution in [2.45, 2.75) is 24.8 Å². The molecule has 1 aromatic rings. The van der Waals surface area contributed by atoms with E-state index in [-0.39, 0.29) is 5.91 Å². The number of hydrogen-bond donors (Lipinski definition) is 2. The summed E-state index contributed by atoms with van der Waals surface area (Å²) in [4.78, 5) is 23.4. The van der Waals surface area contributed by atoms with Gasteiger partial charge in [0.05, 0.1) is 12.0 Å². The number of hydrogen-bond acceptors (Lipinski definition) is 4. The Bertz CT molecular complexity index is 450. The van der Waals surface area contributed by atoms with Crippen LogP contribution >= 0.6 is 11.3 Å². The third kappa shape index (κ3) is 2.12. The summed E-state index contributed by atoms with van der Waals surface area (Å²) in [6.07, 6.45) is 1.83. The van der Waals surface area contributed by atoms with Gasteiger partial charge in [-0.2, -0.15) is 0 Å². The lowest BCUT2D eigenvalue weighted by molar-refractivity contribution is -0.148. The summed E-state index contributed by atoms with van der Waals surface area (Å²) in [7, 11) is 1.52. The van der Waals surface area contributed by atoms with Gasteiger partial charge in [0.1, 0.15) is 11.3 Å². The topological polar surface area (TPSA) is 75.6 Å². The fourth-order valence-electron chi connectivity index (χ4n) is 1.75. The lowest BCUT2D eigenvalue weighted by Gasteiger charge is -2.38. The molecule has 1 aliphatic carbocycles. The van der Waals surface area contributed by atoms with Gasteiger partial charge in [0.15, 0.2) is 0 Å². The van der Waals surface area contributed by atoms with E-state index in [1.807, 2.05) is 0 Å². The molecule has 0 bridgehead atoms. The Balaban J connectivity index is 2.08. The number of aliphatic carboxylic acids is 1. The van der Waals surface area contributed by atoms with Crippen LogP contribution in [-0.4, -0.2) is 29.6 Å². The van der Waals surface area contributed by atoms with Crippen molar-refractivity contribution in [3.8, 4) is 5.75 Å². The van der Waals surface area contributed by atoms with Crippen molar-refractivity contribution < 1.29 is 19.4 Å². The summed E-state index contributed by atoms with van der Waals surface area (Å²) in [6, 6.07) is 1.61. The first-order valence-corrected chi connectivity index (χ1v) is 6.14. The predicted octanol–water partition coefficient (Wildman–Crippen LogP) is 1.49. The van der Waals surface area contributed by atoms with E-state index < -0.39 is 11.5 Å². The molecule has 0 aliphatic heterocycles. The minimum atomic E-state index is -1.06. The molecule has 2 N–H and O–H groups in total. The molecule has 0 spiro atoms. The van der Waals surface area contributed by atoms with Gasteiger partial charge < -0.3 is 15.2 Å². The Morgan fingerprint density at radius 1 is 1.53 bits per heavy atom. The molecule has 0 aromatic carbocycles. The molecule has 1 heterocycles. The summed E-state index contributed by atoms with van der Waals surface area (Å²) in [6.45, 7) is 0. The van der Waals surface area contributed by atoms with Crippen LogP contribution in [-0.2, 0) is 4.79 Å². The van der Waals surface area contributed by atoms with Crippen LogP contribution in [0.1, 0.15) is 28.9 Å². The van der Waals surface area contributed by atoms with Crippen LogP contribution in [0.4, 0.5) is 0 Å². The van der Waals surface area contributed by atoms with Crippen LogP contribution in [0.2, 0.25) is 0 Å². The number of amides is 1. The van der Waals surface area contributed by atoms with Crippen LogP contribution in [0.15, 0.2) is 11.4 Å². The van der Waals surface area contributed by atoms with Crippen molar-refractivity contribution in [1.82, 2.24) is 5.32 Å². The molecule has 17 heavy (non-hydrogen) atoms. The first-order chi connectivity index (χ1) is 8.07. The highest BCUT2D eigenvalue weighted by Crippen LogP contribution is 2.33. The van der Waals surface area contributed by atoms with Crippen LogP contribution < -0.4 is 10.1 Å². The van der Waals surface area contributed by atoms with E-state index in [1.165, 1.54) is 18.4 Å². The Labute approximate surface area is 102 Å². The summed E-state index contributed by atoms with van der Waals surface area (Å²) < 4.78 is 4.98. The fourth-order valence-corrected chi connectivity index (χ4v) is 2.50. The van der Waals surface area contributed by atoms with Crippen LogP contribution in [0.3, 0.4) is 0 Å². The van der Waals surface area contributed by atoms with E-state index in [2.05, 4.69) is 5.32 Å². The second kappa shape index (κ2) is 4.37. The zero-order valence-electron chi connectivity index (χ0n) is 9.36. The summed E-state index contributed by atoms with van der Waals surface area (Å²) in [5.41, 5.74) is -1.06. The second-order valence-corrected chi connectivity index (χ2v) is 4.96. The third-order valence-electron chi connectivity index (χ3n) is 3.00. The third-order valence-corrected chi connectivity index (χ3v) is 3.91. The molecule has 2 rings (SSSR count). The van der Waals surface area contributed by atoms with Crippen molar-refractivity contribution in [1.29, 1.82) is 0 Å². The van der Waals surface area contributed by atoms with Crippen molar-refractivity contribution >= 4 is 23.2 Å². The fraction of sp³-hybridized carbons (Fsp3) is 0.455. The summed E-state index contributed by atoms with van der Waals surface area (Å²) >= 11 is 1.24. The van der Waals surface area contributed by atoms with Gasteiger partial charge in [0, 0.05) is 11.4 Å². The minimum Gasteiger partial charge on any atom is -0.496 e. The lowest BCUT2D eigenvalue weighted by Crippen LogP contribution is -2.59. The Morgan fingerprint density at radius 2 is 2.24 bits per heavy atom. The maximum absolute atomic E-state index is 11.9. The minimum absolute atomic E-state index is 0.347. The zero-order chi connectivity index (χ0) is 12.5. The number of carbonyl (C=O) groups excluding carboxylic acids is 1. The highest BCUT2D eigenvalue weighted by molar-refractivity contribution is 7.12. The maximum atomic E-state index is 11.9. The van der Waals surface area contributed by atoms with Crippen LogP contribution in [0.5, 0.6) is 5.75 Å². The SMILES string of the molecule is COc1csc(C(=O)NC2(C(=O)O)CCC2)c1. The highest BCUT2D eigenvalue weighted by Gasteiger charge is 2.45. The molecular formula is C11H13NO4S. The average Bonchev–Trinajstić information content (AvgIpc) is 2.71. The molecule has 92 valence electrons. The standard InChI is InChI=1S/C11H13NO4S/c1-16-7-5-8(17-6-7)9(13)12-11(10(14)15)3-2-4-11/h5-6H,2-4H2,1H3,(H,12,13)(H,14,15). The molecule has 1 aliphatic rings. The first-order valence-electron chi connectivity index (χ1n) is 5.26. The van der Waals surface area contributed by atoms with Gasteiger partial charge in [-0.15, -0.1) is 11.3 Å². The first kappa shape index (κ1) is 11.9. The molecule has 6 heteroatoms. The molecule has 0 radical (unpaired) electrons. The maximum Gasteiger partial charge on any atom is 0.329 e. The van der Waals surface area contributed by atoms with Crippen LogP contribution in [0, 0.1) is 0 Å². The number of carbonyl (C=O) groups is 2. The number of carboxylic acids is 1. The molecule has 0 atom stereocenters. The van der Waals surface area contributed by atoms with Gasteiger partial charge in [-0.05, 0) is 19.3 Å². The number of methoxy groups -OCH3 is 1. The number of carboxylic acid groups (broad SMARTS) is 1. The molecule has 1 fully saturated rings. The number of rotatable bonds is 4. The van der Waals surface area contributed by atoms with Crippen molar-refractivity contribution in [2.24, 2.45) is 0 Å². The average molecular weight is 255 g/mol. The Hall–Kier alpha value is -1.56. The molecule has 1 saturated carbocycles. The van der Waals surface area contributed by atoms with Crippen LogP contribution in [0.25, 0.3) is 0 Å². The van der Waals surface area contributed by atoms with E-state index in [4.69, 9.17) is 9.84 Å². The summed E-state index contributed by atoms with van der Waals surface area (Å²) in [5.74, 6) is -0.695. The molecule has 5 nitrogen and oxygen atoms in total. The Morgan fingerprint density at radius 3 is 2.65 bits per heavy atom. The van der Waals surface area contributed by atoms with Crippen molar-refractivity contribution in [2.75, 3.05) is 7.11 Å². The normalized spacial score (nSPS) is 17.0. The zero-order valence-corrected chi connectivity index (χ0v) is 10.2. The quantitative estimate of drug-likeness (QED) is 0.854. The smallest absolute Gasteiger partial charge is 0.329 e. The molecule has 1 aromatic heterocycles. The lowest BCUT2D eigenvalue weighted by atomic mass is 9.77. The van der Waals surface area contributed by atoms with Gasteiger partial charge in [-0.25, -0.2) is 4.79 Å². The van der Waals surface area contributed by atoms with Crippen molar-refractivity contribution in [3.63, 3.8) is 0 Å². The van der Waals surface area contributed by atoms with Gasteiger partial charge >= 0.3 is 5.97 Å². The summed E-state index contributed by atoms with van der Waals surface area (Å²) in [5, 5.41) is 13.4. The predicted molar refractivity (Wildman–Crippen MR) is 62.6 cm³/mol. The van der Waals surface area contributed by atoms with Crippen molar-refractivity contribution in [3.05, 3.63) is 16.3 Å². The molecule has 0 unspecified atom stereocenters.